The van der Waals surface area contributed by atoms with Crippen LogP contribution in [0.15, 0.2) is 36.7 Å². The van der Waals surface area contributed by atoms with E-state index in [1.54, 1.807) is 0 Å². The van der Waals surface area contributed by atoms with Gasteiger partial charge in [0.15, 0.2) is 5.82 Å². The first-order valence-corrected chi connectivity index (χ1v) is 17.3. The number of nitrogens with zero attached hydrogens (tertiary/aromatic N) is 2. The number of rotatable bonds is 21. The molecule has 0 radical (unpaired) electrons. The third kappa shape index (κ3) is 13.5. The molecule has 1 aliphatic carbocycles. The van der Waals surface area contributed by atoms with Gasteiger partial charge < -0.3 is 4.74 Å². The summed E-state index contributed by atoms with van der Waals surface area (Å²) in [4.78, 5) is 22.0. The minimum absolute atomic E-state index is 0.0440. The summed E-state index contributed by atoms with van der Waals surface area (Å²) in [7, 11) is 0. The molecule has 0 aliphatic heterocycles. The highest BCUT2D eigenvalue weighted by atomic mass is 16.5. The van der Waals surface area contributed by atoms with E-state index in [0.29, 0.717) is 5.75 Å². The first-order chi connectivity index (χ1) is 20.2. The van der Waals surface area contributed by atoms with Crippen molar-refractivity contribution in [2.75, 3.05) is 0 Å². The average molecular weight is 563 g/mol. The lowest BCUT2D eigenvalue weighted by Gasteiger charge is -2.27. The van der Waals surface area contributed by atoms with Crippen LogP contribution in [0.1, 0.15) is 154 Å². The summed E-state index contributed by atoms with van der Waals surface area (Å²) < 4.78 is 5.74. The molecule has 1 saturated carbocycles. The van der Waals surface area contributed by atoms with Crippen molar-refractivity contribution in [3.05, 3.63) is 42.2 Å². The molecule has 228 valence electrons. The molecule has 41 heavy (non-hydrogen) atoms. The Morgan fingerprint density at radius 1 is 0.683 bits per heavy atom. The van der Waals surface area contributed by atoms with Crippen LogP contribution < -0.4 is 4.74 Å². The second kappa shape index (κ2) is 20.6. The Hall–Kier alpha value is -2.23. The largest absolute Gasteiger partial charge is 0.426 e. The second-order valence-corrected chi connectivity index (χ2v) is 12.6. The van der Waals surface area contributed by atoms with Crippen LogP contribution in [-0.2, 0) is 11.2 Å². The quantitative estimate of drug-likeness (QED) is 0.0862. The number of hydrogen-bond acceptors (Lipinski definition) is 4. The van der Waals surface area contributed by atoms with Crippen molar-refractivity contribution in [1.82, 2.24) is 9.97 Å². The van der Waals surface area contributed by atoms with Crippen molar-refractivity contribution >= 4 is 5.97 Å². The molecule has 4 nitrogen and oxygen atoms in total. The van der Waals surface area contributed by atoms with Crippen molar-refractivity contribution in [1.29, 1.82) is 0 Å². The summed E-state index contributed by atoms with van der Waals surface area (Å²) in [5.41, 5.74) is 2.16. The molecule has 1 fully saturated rings. The van der Waals surface area contributed by atoms with Crippen molar-refractivity contribution < 1.29 is 9.53 Å². The van der Waals surface area contributed by atoms with Gasteiger partial charge in [-0.15, -0.1) is 0 Å². The van der Waals surface area contributed by atoms with Gasteiger partial charge in [-0.3, -0.25) is 4.79 Å². The first kappa shape index (κ1) is 33.3. The van der Waals surface area contributed by atoms with Crippen LogP contribution in [0.5, 0.6) is 5.75 Å². The van der Waals surface area contributed by atoms with Gasteiger partial charge in [-0.1, -0.05) is 117 Å². The van der Waals surface area contributed by atoms with Crippen LogP contribution >= 0.6 is 0 Å². The lowest BCUT2D eigenvalue weighted by molar-refractivity contribution is -0.140. The summed E-state index contributed by atoms with van der Waals surface area (Å²) in [5.74, 6) is 2.11. The SMILES string of the molecule is CCCCCCCCCCCCCCc1cnc(-c2ccc(OC(=O)C3CCC(CCCCCC)CC3)cc2)nc1. The Balaban J connectivity index is 1.28. The maximum atomic E-state index is 12.7. The molecule has 3 rings (SSSR count). The molecular formula is C37H58N2O2. The Bertz CT molecular complexity index is 932. The minimum Gasteiger partial charge on any atom is -0.426 e. The summed E-state index contributed by atoms with van der Waals surface area (Å²) in [6, 6.07) is 7.65. The third-order valence-corrected chi connectivity index (χ3v) is 9.00. The van der Waals surface area contributed by atoms with Crippen LogP contribution in [-0.4, -0.2) is 15.9 Å². The molecule has 4 heteroatoms. The standard InChI is InChI=1S/C37H58N2O2/c1-3-5-7-9-10-11-12-13-14-15-16-18-20-32-29-38-36(39-30-32)33-25-27-35(28-26-33)41-37(40)34-23-21-31(22-24-34)19-17-8-6-4-2/h25-31,34H,3-24H2,1-2H3. The van der Waals surface area contributed by atoms with Crippen LogP contribution in [0.4, 0.5) is 0 Å². The zero-order chi connectivity index (χ0) is 29.0. The monoisotopic (exact) mass is 562 g/mol. The van der Waals surface area contributed by atoms with E-state index in [0.717, 1.165) is 49.4 Å². The van der Waals surface area contributed by atoms with E-state index in [-0.39, 0.29) is 11.9 Å². The van der Waals surface area contributed by atoms with Gasteiger partial charge in [0.2, 0.25) is 0 Å². The van der Waals surface area contributed by atoms with E-state index in [1.807, 2.05) is 36.7 Å². The van der Waals surface area contributed by atoms with Gasteiger partial charge in [-0.05, 0) is 74.3 Å². The number of aromatic nitrogens is 2. The maximum absolute atomic E-state index is 12.7. The number of benzene rings is 1. The van der Waals surface area contributed by atoms with E-state index < -0.39 is 0 Å². The molecule has 2 aromatic rings. The van der Waals surface area contributed by atoms with E-state index in [2.05, 4.69) is 23.8 Å². The molecule has 0 spiro atoms. The number of carbonyl (C=O) groups is 1. The lowest BCUT2D eigenvalue weighted by Crippen LogP contribution is -2.25. The van der Waals surface area contributed by atoms with Crippen molar-refractivity contribution in [2.45, 2.75) is 155 Å². The predicted octanol–water partition coefficient (Wildman–Crippen LogP) is 11.1. The molecule has 0 saturated heterocycles. The van der Waals surface area contributed by atoms with Crippen LogP contribution in [0.2, 0.25) is 0 Å². The predicted molar refractivity (Wildman–Crippen MR) is 172 cm³/mol. The van der Waals surface area contributed by atoms with Gasteiger partial charge in [-0.2, -0.15) is 0 Å². The average Bonchev–Trinajstić information content (AvgIpc) is 3.01. The topological polar surface area (TPSA) is 52.1 Å². The number of ether oxygens (including phenoxy) is 1. The van der Waals surface area contributed by atoms with Crippen LogP contribution in [0, 0.1) is 11.8 Å². The Morgan fingerprint density at radius 2 is 1.20 bits per heavy atom. The fourth-order valence-electron chi connectivity index (χ4n) is 6.22. The molecule has 0 bridgehead atoms. The maximum Gasteiger partial charge on any atom is 0.314 e. The normalized spacial score (nSPS) is 17.0. The summed E-state index contributed by atoms with van der Waals surface area (Å²) in [6.45, 7) is 4.54. The smallest absolute Gasteiger partial charge is 0.314 e. The number of aryl methyl sites for hydroxylation is 1. The van der Waals surface area contributed by atoms with Gasteiger partial charge in [-0.25, -0.2) is 9.97 Å². The van der Waals surface area contributed by atoms with Crippen LogP contribution in [0.3, 0.4) is 0 Å². The van der Waals surface area contributed by atoms with Crippen molar-refractivity contribution in [2.24, 2.45) is 11.8 Å². The Morgan fingerprint density at radius 3 is 1.76 bits per heavy atom. The van der Waals surface area contributed by atoms with Gasteiger partial charge in [0.1, 0.15) is 5.75 Å². The Labute approximate surface area is 251 Å². The highest BCUT2D eigenvalue weighted by Crippen LogP contribution is 2.33. The molecule has 0 unspecified atom stereocenters. The van der Waals surface area contributed by atoms with E-state index in [9.17, 15) is 4.79 Å². The fourth-order valence-corrected chi connectivity index (χ4v) is 6.22. The molecule has 1 aromatic heterocycles. The summed E-state index contributed by atoms with van der Waals surface area (Å²) in [5, 5.41) is 0. The van der Waals surface area contributed by atoms with E-state index >= 15 is 0 Å². The molecule has 0 amide bonds. The van der Waals surface area contributed by atoms with Gasteiger partial charge in [0, 0.05) is 18.0 Å². The van der Waals surface area contributed by atoms with Gasteiger partial charge in [0.25, 0.3) is 0 Å². The molecule has 0 atom stereocenters. The van der Waals surface area contributed by atoms with Crippen molar-refractivity contribution in [3.63, 3.8) is 0 Å². The number of carbonyl (C=O) groups excluding carboxylic acids is 1. The summed E-state index contributed by atoms with van der Waals surface area (Å²) >= 11 is 0. The first-order valence-electron chi connectivity index (χ1n) is 17.3. The third-order valence-electron chi connectivity index (χ3n) is 9.00. The zero-order valence-corrected chi connectivity index (χ0v) is 26.4. The minimum atomic E-state index is -0.0689. The second-order valence-electron chi connectivity index (χ2n) is 12.6. The molecule has 1 aliphatic rings. The van der Waals surface area contributed by atoms with Gasteiger partial charge in [0.05, 0.1) is 5.92 Å². The van der Waals surface area contributed by atoms with E-state index in [4.69, 9.17) is 4.74 Å². The highest BCUT2D eigenvalue weighted by Gasteiger charge is 2.27. The fraction of sp³-hybridized carbons (Fsp3) is 0.703. The zero-order valence-electron chi connectivity index (χ0n) is 26.4. The van der Waals surface area contributed by atoms with Crippen LogP contribution in [0.25, 0.3) is 11.4 Å². The van der Waals surface area contributed by atoms with E-state index in [1.165, 1.54) is 115 Å². The molecule has 1 heterocycles. The van der Waals surface area contributed by atoms with Crippen molar-refractivity contribution in [3.8, 4) is 17.1 Å². The van der Waals surface area contributed by atoms with Gasteiger partial charge >= 0.3 is 5.97 Å². The number of unbranched alkanes of at least 4 members (excludes halogenated alkanes) is 14. The lowest BCUT2D eigenvalue weighted by atomic mass is 9.80. The number of esters is 1. The summed E-state index contributed by atoms with van der Waals surface area (Å²) in [6.07, 6.45) is 32.3. The number of hydrogen-bond donors (Lipinski definition) is 0. The Kier molecular flexibility index (Phi) is 16.7. The highest BCUT2D eigenvalue weighted by molar-refractivity contribution is 5.75. The molecule has 0 N–H and O–H groups in total. The molecular weight excluding hydrogens is 504 g/mol. The molecule has 1 aromatic carbocycles.